The van der Waals surface area contributed by atoms with Crippen LogP contribution >= 0.6 is 0 Å². The lowest BCUT2D eigenvalue weighted by Crippen LogP contribution is -2.93. The summed E-state index contributed by atoms with van der Waals surface area (Å²) in [6.07, 6.45) is 0. The highest BCUT2D eigenvalue weighted by molar-refractivity contribution is 5.93. The first-order chi connectivity index (χ1) is 11.1. The lowest BCUT2D eigenvalue weighted by Gasteiger charge is -2.28. The molecule has 1 aromatic carbocycles. The number of carbonyl (C=O) groups excluding carboxylic acids is 2. The predicted octanol–water partition coefficient (Wildman–Crippen LogP) is -0.840. The molecule has 0 bridgehead atoms. The summed E-state index contributed by atoms with van der Waals surface area (Å²) in [7, 11) is 1.58. The average Bonchev–Trinajstić information content (AvgIpc) is 2.60. The number of hydrogen-bond acceptors (Lipinski definition) is 4. The highest BCUT2D eigenvalue weighted by Crippen LogP contribution is 2.18. The Balaban J connectivity index is 1.84. The second kappa shape index (κ2) is 8.50. The zero-order chi connectivity index (χ0) is 16.7. The number of likely N-dealkylation sites (N-methyl/N-ethyl adjacent to an activating group) is 1. The van der Waals surface area contributed by atoms with Gasteiger partial charge in [0.05, 0.1) is 13.2 Å². The number of carbonyl (C=O) groups is 2. The number of nitrogens with zero attached hydrogens (tertiary/aromatic N) is 1. The summed E-state index contributed by atoms with van der Waals surface area (Å²) in [6, 6.07) is 7.47. The molecular formula is C16H25N4O3+. The van der Waals surface area contributed by atoms with Crippen molar-refractivity contribution in [2.45, 2.75) is 13.0 Å². The first-order valence-corrected chi connectivity index (χ1v) is 7.87. The number of hydrogen-bond donors (Lipinski definition) is 3. The molecule has 1 atom stereocenters. The first kappa shape index (κ1) is 17.2. The quantitative estimate of drug-likeness (QED) is 0.638. The zero-order valence-corrected chi connectivity index (χ0v) is 13.7. The van der Waals surface area contributed by atoms with Gasteiger partial charge in [0.1, 0.15) is 0 Å². The molecule has 1 fully saturated rings. The van der Waals surface area contributed by atoms with Gasteiger partial charge in [-0.25, -0.2) is 0 Å². The number of anilines is 2. The van der Waals surface area contributed by atoms with Gasteiger partial charge in [-0.2, -0.15) is 0 Å². The number of benzene rings is 1. The molecule has 1 aromatic rings. The van der Waals surface area contributed by atoms with E-state index < -0.39 is 0 Å². The molecule has 7 heteroatoms. The van der Waals surface area contributed by atoms with Crippen LogP contribution in [-0.2, 0) is 14.3 Å². The predicted molar refractivity (Wildman–Crippen MR) is 88.4 cm³/mol. The van der Waals surface area contributed by atoms with Crippen LogP contribution in [0.1, 0.15) is 6.92 Å². The summed E-state index contributed by atoms with van der Waals surface area (Å²) >= 11 is 0. The van der Waals surface area contributed by atoms with E-state index in [9.17, 15) is 9.59 Å². The van der Waals surface area contributed by atoms with E-state index in [1.807, 2.05) is 24.3 Å². The molecule has 4 N–H and O–H groups in total. The second-order valence-corrected chi connectivity index (χ2v) is 5.54. The van der Waals surface area contributed by atoms with Crippen molar-refractivity contribution in [3.8, 4) is 0 Å². The molecule has 0 aromatic heterocycles. The Morgan fingerprint density at radius 2 is 1.91 bits per heavy atom. The summed E-state index contributed by atoms with van der Waals surface area (Å²) in [5.74, 6) is -0.215. The van der Waals surface area contributed by atoms with Gasteiger partial charge in [-0.05, 0) is 31.2 Å². The topological polar surface area (TPSA) is 87.3 Å². The van der Waals surface area contributed by atoms with Crippen LogP contribution in [0.3, 0.4) is 0 Å². The van der Waals surface area contributed by atoms with Gasteiger partial charge in [0, 0.05) is 31.5 Å². The molecule has 126 valence electrons. The summed E-state index contributed by atoms with van der Waals surface area (Å²) in [6.45, 7) is 5.28. The molecule has 0 unspecified atom stereocenters. The van der Waals surface area contributed by atoms with E-state index in [0.29, 0.717) is 0 Å². The van der Waals surface area contributed by atoms with Crippen molar-refractivity contribution in [2.24, 2.45) is 0 Å². The average molecular weight is 321 g/mol. The molecule has 0 spiro atoms. The molecule has 1 aliphatic heterocycles. The Morgan fingerprint density at radius 1 is 1.26 bits per heavy atom. The smallest absolute Gasteiger partial charge is 0.282 e. The maximum Gasteiger partial charge on any atom is 0.282 e. The minimum Gasteiger partial charge on any atom is -0.378 e. The van der Waals surface area contributed by atoms with E-state index in [2.05, 4.69) is 15.5 Å². The van der Waals surface area contributed by atoms with Gasteiger partial charge in [0.15, 0.2) is 12.6 Å². The maximum absolute atomic E-state index is 12.1. The SMILES string of the molecule is CNC(=O)C[NH2+][C@H](C)C(=O)Nc1ccc(N2CCOCC2)cc1. The van der Waals surface area contributed by atoms with E-state index in [-0.39, 0.29) is 24.4 Å². The lowest BCUT2D eigenvalue weighted by molar-refractivity contribution is -0.662. The Morgan fingerprint density at radius 3 is 2.52 bits per heavy atom. The zero-order valence-electron chi connectivity index (χ0n) is 13.7. The van der Waals surface area contributed by atoms with Crippen molar-refractivity contribution in [3.05, 3.63) is 24.3 Å². The summed E-state index contributed by atoms with van der Waals surface area (Å²) in [5.41, 5.74) is 1.89. The minimum atomic E-state index is -0.328. The maximum atomic E-state index is 12.1. The third kappa shape index (κ3) is 5.22. The van der Waals surface area contributed by atoms with Gasteiger partial charge in [-0.15, -0.1) is 0 Å². The third-order valence-corrected chi connectivity index (χ3v) is 3.86. The van der Waals surface area contributed by atoms with Gasteiger partial charge in [0.2, 0.25) is 0 Å². The monoisotopic (exact) mass is 321 g/mol. The molecule has 23 heavy (non-hydrogen) atoms. The number of amides is 2. The van der Waals surface area contributed by atoms with E-state index in [4.69, 9.17) is 4.74 Å². The van der Waals surface area contributed by atoms with E-state index in [1.54, 1.807) is 19.3 Å². The highest BCUT2D eigenvalue weighted by Gasteiger charge is 2.17. The van der Waals surface area contributed by atoms with Gasteiger partial charge in [-0.1, -0.05) is 0 Å². The summed E-state index contributed by atoms with van der Waals surface area (Å²) in [4.78, 5) is 25.6. The van der Waals surface area contributed by atoms with Crippen LogP contribution in [0.2, 0.25) is 0 Å². The van der Waals surface area contributed by atoms with Crippen molar-refractivity contribution in [1.29, 1.82) is 0 Å². The van der Waals surface area contributed by atoms with E-state index in [0.717, 1.165) is 37.7 Å². The second-order valence-electron chi connectivity index (χ2n) is 5.54. The van der Waals surface area contributed by atoms with Crippen LogP contribution in [0.15, 0.2) is 24.3 Å². The number of ether oxygens (including phenoxy) is 1. The normalized spacial score (nSPS) is 15.8. The number of nitrogens with one attached hydrogen (secondary N) is 2. The van der Waals surface area contributed by atoms with Crippen molar-refractivity contribution < 1.29 is 19.6 Å². The van der Waals surface area contributed by atoms with Crippen molar-refractivity contribution >= 4 is 23.2 Å². The molecule has 2 rings (SSSR count). The van der Waals surface area contributed by atoms with Crippen LogP contribution in [0, 0.1) is 0 Å². The molecule has 2 amide bonds. The van der Waals surface area contributed by atoms with E-state index >= 15 is 0 Å². The van der Waals surface area contributed by atoms with Crippen molar-refractivity contribution in [3.63, 3.8) is 0 Å². The van der Waals surface area contributed by atoms with Gasteiger partial charge in [0.25, 0.3) is 11.8 Å². The molecular weight excluding hydrogens is 296 g/mol. The van der Waals surface area contributed by atoms with Crippen LogP contribution in [0.4, 0.5) is 11.4 Å². The number of rotatable bonds is 6. The number of quaternary nitrogens is 1. The Labute approximate surface area is 136 Å². The Kier molecular flexibility index (Phi) is 6.37. The van der Waals surface area contributed by atoms with Crippen molar-refractivity contribution in [1.82, 2.24) is 5.32 Å². The van der Waals surface area contributed by atoms with Crippen LogP contribution in [0.25, 0.3) is 0 Å². The van der Waals surface area contributed by atoms with E-state index in [1.165, 1.54) is 0 Å². The van der Waals surface area contributed by atoms with Crippen LogP contribution in [-0.4, -0.2) is 57.8 Å². The molecule has 1 heterocycles. The van der Waals surface area contributed by atoms with Crippen molar-refractivity contribution in [2.75, 3.05) is 50.1 Å². The Hall–Kier alpha value is -2.12. The van der Waals surface area contributed by atoms with Gasteiger partial charge in [-0.3, -0.25) is 9.59 Å². The Bertz CT molecular complexity index is 527. The number of morpholine rings is 1. The highest BCUT2D eigenvalue weighted by atomic mass is 16.5. The van der Waals surface area contributed by atoms with Crippen LogP contribution < -0.4 is 20.9 Å². The van der Waals surface area contributed by atoms with Gasteiger partial charge < -0.3 is 25.6 Å². The minimum absolute atomic E-state index is 0.0977. The van der Waals surface area contributed by atoms with Gasteiger partial charge >= 0.3 is 0 Å². The molecule has 1 aliphatic rings. The first-order valence-electron chi connectivity index (χ1n) is 7.87. The molecule has 7 nitrogen and oxygen atoms in total. The fourth-order valence-corrected chi connectivity index (χ4v) is 2.33. The summed E-state index contributed by atoms with van der Waals surface area (Å²) < 4.78 is 5.34. The molecule has 0 radical (unpaired) electrons. The fourth-order valence-electron chi connectivity index (χ4n) is 2.33. The molecule has 0 aliphatic carbocycles. The lowest BCUT2D eigenvalue weighted by atomic mass is 10.2. The summed E-state index contributed by atoms with van der Waals surface area (Å²) in [5, 5.41) is 7.10. The fraction of sp³-hybridized carbons (Fsp3) is 0.500. The third-order valence-electron chi connectivity index (χ3n) is 3.86. The number of nitrogens with two attached hydrogens (primary N) is 1. The standard InChI is InChI=1S/C16H24N4O3/c1-12(18-11-15(21)17-2)16(22)19-13-3-5-14(6-4-13)20-7-9-23-10-8-20/h3-6,12,18H,7-11H2,1-2H3,(H,17,21)(H,19,22)/p+1/t12-/m1/s1. The largest absolute Gasteiger partial charge is 0.378 e. The molecule has 0 saturated carbocycles. The van der Waals surface area contributed by atoms with Crippen LogP contribution in [0.5, 0.6) is 0 Å². The molecule has 1 saturated heterocycles.